The van der Waals surface area contributed by atoms with Gasteiger partial charge in [0, 0.05) is 17.7 Å². The smallest absolute Gasteiger partial charge is 0.276 e. The molecular weight excluding hydrogens is 364 g/mol. The highest BCUT2D eigenvalue weighted by Crippen LogP contribution is 2.17. The predicted octanol–water partition coefficient (Wildman–Crippen LogP) is 2.07. The molecule has 118 valence electrons. The van der Waals surface area contributed by atoms with Crippen LogP contribution in [0.5, 0.6) is 0 Å². The van der Waals surface area contributed by atoms with Gasteiger partial charge < -0.3 is 0 Å². The molecule has 0 saturated heterocycles. The Balaban J connectivity index is 2.09. The molecule has 0 aliphatic carbocycles. The number of amides is 2. The summed E-state index contributed by atoms with van der Waals surface area (Å²) in [5, 5.41) is 13.7. The number of nitrogens with one attached hydrogen (secondary N) is 1. The Labute approximate surface area is 140 Å². The molecule has 1 heterocycles. The number of hydrogen-bond acceptors (Lipinski definition) is 5. The molecule has 1 aromatic carbocycles. The zero-order valence-electron chi connectivity index (χ0n) is 12.1. The van der Waals surface area contributed by atoms with E-state index in [1.807, 2.05) is 6.07 Å². The third-order valence-corrected chi connectivity index (χ3v) is 3.60. The molecule has 0 spiro atoms. The number of halogens is 1. The lowest BCUT2D eigenvalue weighted by atomic mass is 10.2. The molecule has 23 heavy (non-hydrogen) atoms. The minimum absolute atomic E-state index is 0.210. The van der Waals surface area contributed by atoms with Gasteiger partial charge in [-0.15, -0.1) is 0 Å². The van der Waals surface area contributed by atoms with Crippen molar-refractivity contribution < 1.29 is 14.8 Å². The van der Waals surface area contributed by atoms with E-state index in [9.17, 15) is 9.59 Å². The number of hydroxylamine groups is 1. The zero-order chi connectivity index (χ0) is 16.8. The van der Waals surface area contributed by atoms with Gasteiger partial charge in [0.15, 0.2) is 0 Å². The highest BCUT2D eigenvalue weighted by molar-refractivity contribution is 9.10. The number of aromatic nitrogens is 1. The maximum absolute atomic E-state index is 12.3. The van der Waals surface area contributed by atoms with E-state index in [-0.39, 0.29) is 11.5 Å². The summed E-state index contributed by atoms with van der Waals surface area (Å²) < 4.78 is 0.685. The summed E-state index contributed by atoms with van der Waals surface area (Å²) in [7, 11) is 1.53. The molecule has 0 unspecified atom stereocenters. The molecule has 0 aliphatic heterocycles. The average molecular weight is 377 g/mol. The molecule has 0 aliphatic rings. The molecule has 2 amide bonds. The number of benzene rings is 1. The number of carbonyl (C=O) groups excluding carboxylic acids is 2. The Morgan fingerprint density at radius 3 is 2.65 bits per heavy atom. The fraction of sp³-hybridized carbons (Fsp3) is 0.0667. The Kier molecular flexibility index (Phi) is 5.56. The van der Waals surface area contributed by atoms with E-state index in [4.69, 9.17) is 5.21 Å². The quantitative estimate of drug-likeness (QED) is 0.485. The van der Waals surface area contributed by atoms with Crippen LogP contribution in [-0.2, 0) is 0 Å². The maximum Gasteiger partial charge on any atom is 0.276 e. The van der Waals surface area contributed by atoms with Gasteiger partial charge >= 0.3 is 0 Å². The van der Waals surface area contributed by atoms with Gasteiger partial charge in [0.05, 0.1) is 23.0 Å². The Bertz CT molecular complexity index is 747. The zero-order valence-corrected chi connectivity index (χ0v) is 13.7. The van der Waals surface area contributed by atoms with Gasteiger partial charge in [0.1, 0.15) is 0 Å². The number of pyridine rings is 1. The first-order valence-electron chi connectivity index (χ1n) is 6.50. The lowest BCUT2D eigenvalue weighted by Crippen LogP contribution is -2.22. The largest absolute Gasteiger partial charge is 0.288 e. The van der Waals surface area contributed by atoms with Crippen LogP contribution in [0.25, 0.3) is 0 Å². The van der Waals surface area contributed by atoms with Crippen molar-refractivity contribution in [2.45, 2.75) is 0 Å². The fourth-order valence-corrected chi connectivity index (χ4v) is 2.14. The van der Waals surface area contributed by atoms with Crippen LogP contribution in [0.3, 0.4) is 0 Å². The van der Waals surface area contributed by atoms with Crippen LogP contribution in [0.2, 0.25) is 0 Å². The first kappa shape index (κ1) is 16.8. The number of carbonyl (C=O) groups is 2. The summed E-state index contributed by atoms with van der Waals surface area (Å²) in [5.74, 6) is -0.924. The molecule has 0 bridgehead atoms. The molecule has 0 atom stereocenters. The summed E-state index contributed by atoms with van der Waals surface area (Å²) in [6, 6.07) is 10.1. The van der Waals surface area contributed by atoms with Crippen LogP contribution in [0.4, 0.5) is 0 Å². The second kappa shape index (κ2) is 7.61. The van der Waals surface area contributed by atoms with E-state index >= 15 is 0 Å². The van der Waals surface area contributed by atoms with E-state index in [1.54, 1.807) is 24.3 Å². The molecule has 0 fully saturated rings. The molecule has 0 saturated carbocycles. The topological polar surface area (TPSA) is 94.9 Å². The highest BCUT2D eigenvalue weighted by atomic mass is 79.9. The van der Waals surface area contributed by atoms with E-state index in [1.165, 1.54) is 36.0 Å². The molecule has 2 aromatic rings. The van der Waals surface area contributed by atoms with Crippen LogP contribution in [-0.4, -0.2) is 40.3 Å². The number of hydrazone groups is 1. The standard InChI is InChI=1S/C15H13BrN4O3/c1-20(15(22)12-4-2-3-5-13(12)16)18-9-11-7-6-10(8-17-11)14(21)19-23/h2-9,23H,1H3,(H,19,21)/b18-9+. The van der Waals surface area contributed by atoms with E-state index in [2.05, 4.69) is 26.0 Å². The Hall–Kier alpha value is -2.58. The van der Waals surface area contributed by atoms with E-state index in [0.717, 1.165) is 0 Å². The summed E-state index contributed by atoms with van der Waals surface area (Å²) in [6.07, 6.45) is 2.69. The van der Waals surface area contributed by atoms with Gasteiger partial charge in [-0.25, -0.2) is 10.5 Å². The molecule has 1 aromatic heterocycles. The normalized spacial score (nSPS) is 10.6. The molecular formula is C15H13BrN4O3. The Morgan fingerprint density at radius 2 is 2.04 bits per heavy atom. The van der Waals surface area contributed by atoms with Crippen LogP contribution < -0.4 is 5.48 Å². The first-order valence-corrected chi connectivity index (χ1v) is 7.29. The van der Waals surface area contributed by atoms with Crippen LogP contribution in [0, 0.1) is 0 Å². The van der Waals surface area contributed by atoms with Crippen molar-refractivity contribution in [1.82, 2.24) is 15.5 Å². The minimum Gasteiger partial charge on any atom is -0.288 e. The lowest BCUT2D eigenvalue weighted by molar-refractivity contribution is 0.0705. The van der Waals surface area contributed by atoms with Crippen molar-refractivity contribution in [3.05, 3.63) is 63.9 Å². The van der Waals surface area contributed by atoms with Crippen molar-refractivity contribution in [1.29, 1.82) is 0 Å². The minimum atomic E-state index is -0.651. The van der Waals surface area contributed by atoms with Crippen LogP contribution in [0.1, 0.15) is 26.4 Å². The maximum atomic E-state index is 12.3. The van der Waals surface area contributed by atoms with Gasteiger partial charge in [-0.3, -0.25) is 19.8 Å². The van der Waals surface area contributed by atoms with Gasteiger partial charge in [-0.05, 0) is 40.2 Å². The van der Waals surface area contributed by atoms with Crippen molar-refractivity contribution >= 4 is 34.0 Å². The monoisotopic (exact) mass is 376 g/mol. The van der Waals surface area contributed by atoms with Crippen LogP contribution in [0.15, 0.2) is 52.2 Å². The van der Waals surface area contributed by atoms with Gasteiger partial charge in [0.2, 0.25) is 0 Å². The van der Waals surface area contributed by atoms with E-state index in [0.29, 0.717) is 15.7 Å². The third kappa shape index (κ3) is 4.21. The van der Waals surface area contributed by atoms with Crippen molar-refractivity contribution in [2.75, 3.05) is 7.05 Å². The fourth-order valence-electron chi connectivity index (χ4n) is 1.69. The number of hydrogen-bond donors (Lipinski definition) is 2. The van der Waals surface area contributed by atoms with Crippen LogP contribution >= 0.6 is 15.9 Å². The first-order chi connectivity index (χ1) is 11.0. The summed E-state index contributed by atoms with van der Waals surface area (Å²) in [5.41, 5.74) is 2.69. The molecule has 7 nitrogen and oxygen atoms in total. The highest BCUT2D eigenvalue weighted by Gasteiger charge is 2.13. The van der Waals surface area contributed by atoms with Gasteiger partial charge in [-0.2, -0.15) is 5.10 Å². The third-order valence-electron chi connectivity index (χ3n) is 2.91. The number of nitrogens with zero attached hydrogens (tertiary/aromatic N) is 3. The molecule has 2 N–H and O–H groups in total. The predicted molar refractivity (Wildman–Crippen MR) is 87.3 cm³/mol. The van der Waals surface area contributed by atoms with Gasteiger partial charge in [0.25, 0.3) is 11.8 Å². The number of rotatable bonds is 4. The lowest BCUT2D eigenvalue weighted by Gasteiger charge is -2.11. The summed E-state index contributed by atoms with van der Waals surface area (Å²) in [4.78, 5) is 27.4. The van der Waals surface area contributed by atoms with E-state index < -0.39 is 5.91 Å². The molecule has 2 rings (SSSR count). The Morgan fingerprint density at radius 1 is 1.30 bits per heavy atom. The van der Waals surface area contributed by atoms with Crippen molar-refractivity contribution in [3.8, 4) is 0 Å². The average Bonchev–Trinajstić information content (AvgIpc) is 2.59. The van der Waals surface area contributed by atoms with Gasteiger partial charge in [-0.1, -0.05) is 12.1 Å². The SMILES string of the molecule is CN(/N=C/c1ccc(C(=O)NO)cn1)C(=O)c1ccccc1Br. The summed E-state index contributed by atoms with van der Waals surface area (Å²) >= 11 is 3.32. The second-order valence-corrected chi connectivity index (χ2v) is 5.32. The molecule has 0 radical (unpaired) electrons. The summed E-state index contributed by atoms with van der Waals surface area (Å²) in [6.45, 7) is 0. The van der Waals surface area contributed by atoms with Crippen molar-refractivity contribution in [2.24, 2.45) is 5.10 Å². The second-order valence-electron chi connectivity index (χ2n) is 4.47. The molecule has 8 heteroatoms. The van der Waals surface area contributed by atoms with Crippen molar-refractivity contribution in [3.63, 3.8) is 0 Å².